The minimum atomic E-state index is -0.954. The van der Waals surface area contributed by atoms with Crippen LogP contribution in [0.3, 0.4) is 0 Å². The van der Waals surface area contributed by atoms with Crippen molar-refractivity contribution in [2.75, 3.05) is 26.8 Å². The van der Waals surface area contributed by atoms with E-state index in [1.54, 1.807) is 23.1 Å². The lowest BCUT2D eigenvalue weighted by Crippen LogP contribution is -2.46. The zero-order chi connectivity index (χ0) is 17.8. The topological polar surface area (TPSA) is 120 Å². The van der Waals surface area contributed by atoms with Gasteiger partial charge in [0.25, 0.3) is 5.91 Å². The number of aromatic nitrogens is 4. The number of nitrogens with zero attached hydrogens (tertiary/aromatic N) is 5. The number of hydrogen-bond acceptors (Lipinski definition) is 7. The Bertz CT molecular complexity index is 764. The number of rotatable bonds is 5. The van der Waals surface area contributed by atoms with Crippen molar-refractivity contribution < 1.29 is 24.2 Å². The Kier molecular flexibility index (Phi) is 4.89. The third-order valence-corrected chi connectivity index (χ3v) is 3.85. The van der Waals surface area contributed by atoms with E-state index in [0.29, 0.717) is 30.2 Å². The second-order valence-electron chi connectivity index (χ2n) is 5.48. The highest BCUT2D eigenvalue weighted by Crippen LogP contribution is 2.24. The molecule has 0 spiro atoms. The molecule has 1 aliphatic rings. The molecule has 1 atom stereocenters. The van der Waals surface area contributed by atoms with Crippen LogP contribution in [0.4, 0.5) is 0 Å². The fourth-order valence-electron chi connectivity index (χ4n) is 2.68. The number of benzene rings is 1. The van der Waals surface area contributed by atoms with Crippen molar-refractivity contribution in [1.82, 2.24) is 25.1 Å². The van der Waals surface area contributed by atoms with Crippen LogP contribution in [0.25, 0.3) is 5.69 Å². The molecule has 1 aromatic carbocycles. The van der Waals surface area contributed by atoms with Crippen LogP contribution in [0.2, 0.25) is 0 Å². The Morgan fingerprint density at radius 3 is 2.96 bits per heavy atom. The summed E-state index contributed by atoms with van der Waals surface area (Å²) in [6, 6.07) is 4.95. The molecule has 0 radical (unpaired) electrons. The molecule has 1 fully saturated rings. The number of tetrazole rings is 1. The molecule has 25 heavy (non-hydrogen) atoms. The van der Waals surface area contributed by atoms with Gasteiger partial charge in [-0.05, 0) is 28.6 Å². The van der Waals surface area contributed by atoms with E-state index >= 15 is 0 Å². The smallest absolute Gasteiger partial charge is 0.306 e. The number of carbonyl (C=O) groups is 2. The van der Waals surface area contributed by atoms with E-state index in [1.807, 2.05) is 0 Å². The van der Waals surface area contributed by atoms with Gasteiger partial charge in [0.2, 0.25) is 0 Å². The first-order chi connectivity index (χ1) is 12.1. The molecular weight excluding hydrogens is 330 g/mol. The van der Waals surface area contributed by atoms with Crippen LogP contribution in [0, 0.1) is 0 Å². The normalized spacial score (nSPS) is 17.3. The molecule has 0 bridgehead atoms. The highest BCUT2D eigenvalue weighted by molar-refractivity contribution is 5.95. The molecule has 1 aliphatic heterocycles. The van der Waals surface area contributed by atoms with E-state index < -0.39 is 12.1 Å². The predicted molar refractivity (Wildman–Crippen MR) is 83.6 cm³/mol. The molecule has 10 heteroatoms. The van der Waals surface area contributed by atoms with Gasteiger partial charge in [-0.25, -0.2) is 0 Å². The molecule has 1 N–H and O–H groups in total. The molecule has 2 heterocycles. The lowest BCUT2D eigenvalue weighted by Gasteiger charge is -2.32. The molecule has 10 nitrogen and oxygen atoms in total. The van der Waals surface area contributed by atoms with Gasteiger partial charge in [-0.3, -0.25) is 9.59 Å². The van der Waals surface area contributed by atoms with Gasteiger partial charge in [-0.15, -0.1) is 5.10 Å². The lowest BCUT2D eigenvalue weighted by molar-refractivity contribution is -0.141. The monoisotopic (exact) mass is 347 g/mol. The van der Waals surface area contributed by atoms with Crippen molar-refractivity contribution in [1.29, 1.82) is 0 Å². The number of ether oxygens (including phenoxy) is 2. The first-order valence-electron chi connectivity index (χ1n) is 7.62. The fraction of sp³-hybridized carbons (Fsp3) is 0.400. The largest absolute Gasteiger partial charge is 0.494 e. The molecule has 3 rings (SSSR count). The van der Waals surface area contributed by atoms with Gasteiger partial charge in [-0.2, -0.15) is 4.68 Å². The van der Waals surface area contributed by atoms with Gasteiger partial charge in [0, 0.05) is 18.7 Å². The Morgan fingerprint density at radius 1 is 1.44 bits per heavy atom. The highest BCUT2D eigenvalue weighted by Gasteiger charge is 2.27. The maximum absolute atomic E-state index is 12.8. The molecule has 1 amide bonds. The minimum absolute atomic E-state index is 0.137. The van der Waals surface area contributed by atoms with E-state index in [1.165, 1.54) is 18.1 Å². The summed E-state index contributed by atoms with van der Waals surface area (Å²) in [5.41, 5.74) is 0.968. The van der Waals surface area contributed by atoms with Crippen molar-refractivity contribution in [2.45, 2.75) is 12.5 Å². The number of methoxy groups -OCH3 is 1. The van der Waals surface area contributed by atoms with Crippen molar-refractivity contribution in [3.05, 3.63) is 30.1 Å². The summed E-state index contributed by atoms with van der Waals surface area (Å²) in [6.07, 6.45) is 0.763. The molecule has 1 aromatic heterocycles. The second-order valence-corrected chi connectivity index (χ2v) is 5.48. The van der Waals surface area contributed by atoms with Crippen LogP contribution in [0.15, 0.2) is 24.5 Å². The van der Waals surface area contributed by atoms with E-state index in [2.05, 4.69) is 15.5 Å². The van der Waals surface area contributed by atoms with E-state index in [-0.39, 0.29) is 18.9 Å². The lowest BCUT2D eigenvalue weighted by atomic mass is 10.1. The molecule has 2 aromatic rings. The molecule has 1 saturated heterocycles. The Balaban J connectivity index is 1.82. The zero-order valence-corrected chi connectivity index (χ0v) is 13.5. The maximum atomic E-state index is 12.8. The van der Waals surface area contributed by atoms with E-state index in [9.17, 15) is 9.59 Å². The third-order valence-electron chi connectivity index (χ3n) is 3.85. The highest BCUT2D eigenvalue weighted by atomic mass is 16.5. The summed E-state index contributed by atoms with van der Waals surface area (Å²) in [4.78, 5) is 25.2. The quantitative estimate of drug-likeness (QED) is 0.802. The average molecular weight is 347 g/mol. The third kappa shape index (κ3) is 3.74. The summed E-state index contributed by atoms with van der Waals surface area (Å²) in [6.45, 7) is 0.943. The number of amides is 1. The molecule has 132 valence electrons. The first kappa shape index (κ1) is 16.8. The standard InChI is InChI=1S/C15H17N5O5/c1-24-13-3-2-10(6-12(13)20-9-16-17-18-20)15(23)19-4-5-25-11(8-19)7-14(21)22/h2-3,6,9,11H,4-5,7-8H2,1H3,(H,21,22). The number of carbonyl (C=O) groups excluding carboxylic acids is 1. The summed E-state index contributed by atoms with van der Waals surface area (Å²) in [5.74, 6) is -0.644. The SMILES string of the molecule is COc1ccc(C(=O)N2CCOC(CC(=O)O)C2)cc1-n1cnnn1. The zero-order valence-electron chi connectivity index (χ0n) is 13.5. The Morgan fingerprint density at radius 2 is 2.28 bits per heavy atom. The Hall–Kier alpha value is -3.01. The number of morpholine rings is 1. The first-order valence-corrected chi connectivity index (χ1v) is 7.62. The molecule has 0 saturated carbocycles. The van der Waals surface area contributed by atoms with Crippen molar-refractivity contribution in [3.8, 4) is 11.4 Å². The summed E-state index contributed by atoms with van der Waals surface area (Å²) in [7, 11) is 1.52. The van der Waals surface area contributed by atoms with E-state index in [0.717, 1.165) is 0 Å². The maximum Gasteiger partial charge on any atom is 0.306 e. The van der Waals surface area contributed by atoms with Gasteiger partial charge in [0.05, 0.1) is 26.2 Å². The number of carboxylic acid groups (broad SMARTS) is 1. The van der Waals surface area contributed by atoms with Crippen molar-refractivity contribution in [2.24, 2.45) is 0 Å². The summed E-state index contributed by atoms with van der Waals surface area (Å²) < 4.78 is 12.1. The van der Waals surface area contributed by atoms with Gasteiger partial charge in [-0.1, -0.05) is 0 Å². The second kappa shape index (κ2) is 7.26. The van der Waals surface area contributed by atoms with Crippen molar-refractivity contribution >= 4 is 11.9 Å². The Labute approximate surface area is 142 Å². The van der Waals surface area contributed by atoms with Crippen LogP contribution in [-0.4, -0.2) is 75.0 Å². The van der Waals surface area contributed by atoms with Crippen LogP contribution < -0.4 is 4.74 Å². The number of aliphatic carboxylic acids is 1. The molecule has 0 aliphatic carbocycles. The molecule has 1 unspecified atom stereocenters. The van der Waals surface area contributed by atoms with Gasteiger partial charge >= 0.3 is 5.97 Å². The number of carboxylic acids is 1. The predicted octanol–water partition coefficient (Wildman–Crippen LogP) is -0.0134. The fourth-order valence-corrected chi connectivity index (χ4v) is 2.68. The van der Waals surface area contributed by atoms with Crippen molar-refractivity contribution in [3.63, 3.8) is 0 Å². The van der Waals surface area contributed by atoms with Crippen LogP contribution in [0.5, 0.6) is 5.75 Å². The average Bonchev–Trinajstić information content (AvgIpc) is 3.14. The van der Waals surface area contributed by atoms with E-state index in [4.69, 9.17) is 14.6 Å². The van der Waals surface area contributed by atoms with Gasteiger partial charge in [0.15, 0.2) is 0 Å². The van der Waals surface area contributed by atoms with Crippen LogP contribution >= 0.6 is 0 Å². The van der Waals surface area contributed by atoms with Crippen LogP contribution in [0.1, 0.15) is 16.8 Å². The summed E-state index contributed by atoms with van der Waals surface area (Å²) in [5, 5.41) is 19.9. The molecular formula is C15H17N5O5. The van der Waals surface area contributed by atoms with Crippen LogP contribution in [-0.2, 0) is 9.53 Å². The number of hydrogen-bond donors (Lipinski definition) is 1. The minimum Gasteiger partial charge on any atom is -0.494 e. The van der Waals surface area contributed by atoms with Gasteiger partial charge < -0.3 is 19.5 Å². The summed E-state index contributed by atoms with van der Waals surface area (Å²) >= 11 is 0. The van der Waals surface area contributed by atoms with Gasteiger partial charge in [0.1, 0.15) is 17.8 Å².